The van der Waals surface area contributed by atoms with Crippen molar-refractivity contribution in [3.05, 3.63) is 34.4 Å². The topological polar surface area (TPSA) is 86.5 Å². The van der Waals surface area contributed by atoms with Gasteiger partial charge in [0.15, 0.2) is 0 Å². The second-order valence-electron chi connectivity index (χ2n) is 4.16. The molecule has 0 saturated carbocycles. The summed E-state index contributed by atoms with van der Waals surface area (Å²) in [6.07, 6.45) is 3.43. The molecular weight excluding hydrogens is 270 g/mol. The highest BCUT2D eigenvalue weighted by Gasteiger charge is 2.13. The van der Waals surface area contributed by atoms with Crippen LogP contribution in [0.4, 0.5) is 5.69 Å². The average molecular weight is 287 g/mol. The zero-order valence-electron chi connectivity index (χ0n) is 10.7. The Kier molecular flexibility index (Phi) is 5.75. The Morgan fingerprint density at radius 2 is 1.79 bits per heavy atom. The van der Waals surface area contributed by atoms with Crippen molar-refractivity contribution in [3.8, 4) is 5.75 Å². The molecule has 0 spiro atoms. The van der Waals surface area contributed by atoms with Gasteiger partial charge in [0.1, 0.15) is 5.75 Å². The van der Waals surface area contributed by atoms with Gasteiger partial charge in [-0.05, 0) is 18.6 Å². The molecule has 0 bridgehead atoms. The van der Waals surface area contributed by atoms with Gasteiger partial charge in [0.2, 0.25) is 0 Å². The number of rotatable bonds is 8. The van der Waals surface area contributed by atoms with Crippen LogP contribution in [0.1, 0.15) is 32.6 Å². The van der Waals surface area contributed by atoms with Crippen LogP contribution >= 0.6 is 0 Å². The van der Waals surface area contributed by atoms with Crippen molar-refractivity contribution in [2.75, 3.05) is 5.75 Å². The molecular formula is C12H17NO5S. The highest BCUT2D eigenvalue weighted by molar-refractivity contribution is 7.87. The Morgan fingerprint density at radius 1 is 1.16 bits per heavy atom. The summed E-state index contributed by atoms with van der Waals surface area (Å²) in [6, 6.07) is 4.98. The molecule has 0 aliphatic heterocycles. The molecule has 0 aromatic heterocycles. The Balaban J connectivity index is 2.55. The minimum atomic E-state index is -3.62. The highest BCUT2D eigenvalue weighted by Crippen LogP contribution is 2.19. The summed E-state index contributed by atoms with van der Waals surface area (Å²) in [6.45, 7) is 2.04. The largest absolute Gasteiger partial charge is 0.382 e. The fraction of sp³-hybridized carbons (Fsp3) is 0.500. The summed E-state index contributed by atoms with van der Waals surface area (Å²) in [5.41, 5.74) is -0.104. The van der Waals surface area contributed by atoms with Crippen molar-refractivity contribution in [1.82, 2.24) is 0 Å². The predicted octanol–water partition coefficient (Wildman–Crippen LogP) is 2.88. The first-order valence-corrected chi connectivity index (χ1v) is 7.69. The summed E-state index contributed by atoms with van der Waals surface area (Å²) >= 11 is 0. The zero-order chi connectivity index (χ0) is 14.3. The maximum atomic E-state index is 11.6. The van der Waals surface area contributed by atoms with Crippen LogP contribution < -0.4 is 4.18 Å². The van der Waals surface area contributed by atoms with Gasteiger partial charge in [0.05, 0.1) is 10.7 Å². The summed E-state index contributed by atoms with van der Waals surface area (Å²) in [5.74, 6) is 0.0605. The molecule has 0 aliphatic carbocycles. The first-order valence-electron chi connectivity index (χ1n) is 6.11. The van der Waals surface area contributed by atoms with Gasteiger partial charge in [0.25, 0.3) is 5.69 Å². The van der Waals surface area contributed by atoms with Crippen molar-refractivity contribution < 1.29 is 17.5 Å². The van der Waals surface area contributed by atoms with Crippen LogP contribution in [0.15, 0.2) is 24.3 Å². The lowest BCUT2D eigenvalue weighted by atomic mass is 10.2. The van der Waals surface area contributed by atoms with E-state index in [1.807, 2.05) is 6.92 Å². The van der Waals surface area contributed by atoms with Gasteiger partial charge in [-0.25, -0.2) is 0 Å². The molecule has 0 fully saturated rings. The van der Waals surface area contributed by atoms with Crippen LogP contribution in [0.2, 0.25) is 0 Å². The smallest absolute Gasteiger partial charge is 0.309 e. The number of unbranched alkanes of at least 4 members (excludes halogenated alkanes) is 3. The molecule has 0 unspecified atom stereocenters. The molecule has 0 atom stereocenters. The lowest BCUT2D eigenvalue weighted by Crippen LogP contribution is -2.13. The van der Waals surface area contributed by atoms with Crippen molar-refractivity contribution in [3.63, 3.8) is 0 Å². The Bertz CT molecular complexity index is 509. The van der Waals surface area contributed by atoms with Gasteiger partial charge in [-0.3, -0.25) is 10.1 Å². The maximum Gasteiger partial charge on any atom is 0.309 e. The molecule has 0 amide bonds. The van der Waals surface area contributed by atoms with Crippen LogP contribution in [0.25, 0.3) is 0 Å². The van der Waals surface area contributed by atoms with E-state index in [0.717, 1.165) is 19.3 Å². The normalized spacial score (nSPS) is 11.2. The maximum absolute atomic E-state index is 11.6. The number of nitro benzene ring substituents is 1. The summed E-state index contributed by atoms with van der Waals surface area (Å²) in [7, 11) is -3.62. The van der Waals surface area contributed by atoms with E-state index in [-0.39, 0.29) is 17.2 Å². The fourth-order valence-corrected chi connectivity index (χ4v) is 2.56. The van der Waals surface area contributed by atoms with E-state index in [1.54, 1.807) is 0 Å². The monoisotopic (exact) mass is 287 g/mol. The van der Waals surface area contributed by atoms with Gasteiger partial charge < -0.3 is 4.18 Å². The summed E-state index contributed by atoms with van der Waals surface area (Å²) < 4.78 is 28.1. The number of hydrogen-bond acceptors (Lipinski definition) is 5. The third-order valence-electron chi connectivity index (χ3n) is 2.52. The van der Waals surface area contributed by atoms with Crippen LogP contribution in [0, 0.1) is 10.1 Å². The van der Waals surface area contributed by atoms with Gasteiger partial charge in [-0.1, -0.05) is 26.2 Å². The number of nitrogens with zero attached hydrogens (tertiary/aromatic N) is 1. The van der Waals surface area contributed by atoms with Crippen molar-refractivity contribution in [1.29, 1.82) is 0 Å². The van der Waals surface area contributed by atoms with Gasteiger partial charge in [-0.2, -0.15) is 8.42 Å². The minimum absolute atomic E-state index is 0.0377. The van der Waals surface area contributed by atoms with E-state index in [0.29, 0.717) is 6.42 Å². The SMILES string of the molecule is CCCCCCS(=O)(=O)Oc1ccc([N+](=O)[O-])cc1. The number of nitro groups is 1. The van der Waals surface area contributed by atoms with E-state index in [1.165, 1.54) is 24.3 Å². The predicted molar refractivity (Wildman–Crippen MR) is 71.7 cm³/mol. The first kappa shape index (κ1) is 15.4. The van der Waals surface area contributed by atoms with Crippen LogP contribution in [0.5, 0.6) is 5.75 Å². The first-order chi connectivity index (χ1) is 8.94. The Morgan fingerprint density at radius 3 is 2.32 bits per heavy atom. The standard InChI is InChI=1S/C12H17NO5S/c1-2-3-4-5-10-19(16,17)18-12-8-6-11(7-9-12)13(14)15/h6-9H,2-5,10H2,1H3. The van der Waals surface area contributed by atoms with E-state index in [2.05, 4.69) is 0 Å². The molecule has 0 aliphatic rings. The minimum Gasteiger partial charge on any atom is -0.382 e. The quantitative estimate of drug-likeness (QED) is 0.317. The summed E-state index contributed by atoms with van der Waals surface area (Å²) in [4.78, 5) is 9.89. The molecule has 0 saturated heterocycles. The van der Waals surface area contributed by atoms with E-state index in [4.69, 9.17) is 4.18 Å². The number of hydrogen-bond donors (Lipinski definition) is 0. The van der Waals surface area contributed by atoms with Crippen molar-refractivity contribution >= 4 is 15.8 Å². The van der Waals surface area contributed by atoms with Gasteiger partial charge >= 0.3 is 10.1 Å². The van der Waals surface area contributed by atoms with Crippen molar-refractivity contribution in [2.45, 2.75) is 32.6 Å². The second kappa shape index (κ2) is 7.08. The van der Waals surface area contributed by atoms with Crippen LogP contribution in [-0.4, -0.2) is 19.1 Å². The zero-order valence-corrected chi connectivity index (χ0v) is 11.6. The van der Waals surface area contributed by atoms with Crippen LogP contribution in [0.3, 0.4) is 0 Å². The molecule has 6 nitrogen and oxygen atoms in total. The Hall–Kier alpha value is -1.63. The second-order valence-corrected chi connectivity index (χ2v) is 5.85. The van der Waals surface area contributed by atoms with Crippen molar-refractivity contribution in [2.24, 2.45) is 0 Å². The molecule has 0 N–H and O–H groups in total. The molecule has 106 valence electrons. The molecule has 1 aromatic rings. The number of non-ortho nitro benzene ring substituents is 1. The molecule has 1 rings (SSSR count). The third-order valence-corrected chi connectivity index (χ3v) is 3.75. The molecule has 1 aromatic carbocycles. The lowest BCUT2D eigenvalue weighted by molar-refractivity contribution is -0.384. The molecule has 19 heavy (non-hydrogen) atoms. The average Bonchev–Trinajstić information content (AvgIpc) is 2.35. The lowest BCUT2D eigenvalue weighted by Gasteiger charge is -2.06. The van der Waals surface area contributed by atoms with Gasteiger partial charge in [-0.15, -0.1) is 0 Å². The number of benzene rings is 1. The molecule has 0 radical (unpaired) electrons. The van der Waals surface area contributed by atoms with Gasteiger partial charge in [0, 0.05) is 12.1 Å². The van der Waals surface area contributed by atoms with E-state index < -0.39 is 15.0 Å². The van der Waals surface area contributed by atoms with Crippen LogP contribution in [-0.2, 0) is 10.1 Å². The third kappa shape index (κ3) is 5.69. The van der Waals surface area contributed by atoms with E-state index in [9.17, 15) is 18.5 Å². The highest BCUT2D eigenvalue weighted by atomic mass is 32.2. The summed E-state index contributed by atoms with van der Waals surface area (Å²) in [5, 5.41) is 10.4. The molecule has 7 heteroatoms. The Labute approximate surface area is 112 Å². The fourth-order valence-electron chi connectivity index (χ4n) is 1.52. The molecule has 0 heterocycles. The van der Waals surface area contributed by atoms with E-state index >= 15 is 0 Å².